The third-order valence-corrected chi connectivity index (χ3v) is 5.73. The number of carbonyl (C=O) groups is 2. The summed E-state index contributed by atoms with van der Waals surface area (Å²) in [5, 5.41) is 11.9. The lowest BCUT2D eigenvalue weighted by atomic mass is 9.95. The molecule has 158 valence electrons. The van der Waals surface area contributed by atoms with E-state index in [4.69, 9.17) is 14.6 Å². The van der Waals surface area contributed by atoms with E-state index in [1.165, 1.54) is 4.90 Å². The summed E-state index contributed by atoms with van der Waals surface area (Å²) in [5.41, 5.74) is 1.07. The van der Waals surface area contributed by atoms with Crippen LogP contribution >= 0.6 is 0 Å². The first-order chi connectivity index (χ1) is 14.3. The molecule has 1 aromatic carbocycles. The van der Waals surface area contributed by atoms with Crippen molar-refractivity contribution in [1.82, 2.24) is 15.2 Å². The van der Waals surface area contributed by atoms with Crippen LogP contribution in [0.15, 0.2) is 48.7 Å². The number of carboxylic acid groups (broad SMARTS) is 1. The highest BCUT2D eigenvalue weighted by Crippen LogP contribution is 2.47. The highest BCUT2D eigenvalue weighted by atomic mass is 16.5. The Morgan fingerprint density at radius 1 is 1.20 bits per heavy atom. The molecule has 2 aromatic rings. The minimum atomic E-state index is -0.881. The molecular weight excluding hydrogens is 386 g/mol. The first-order valence-electron chi connectivity index (χ1n) is 9.93. The van der Waals surface area contributed by atoms with Crippen molar-refractivity contribution in [2.75, 3.05) is 13.1 Å². The predicted octanol–water partition coefficient (Wildman–Crippen LogP) is 3.23. The maximum Gasteiger partial charge on any atom is 0.408 e. The van der Waals surface area contributed by atoms with Crippen LogP contribution in [0.25, 0.3) is 0 Å². The van der Waals surface area contributed by atoms with Crippen molar-refractivity contribution in [3.63, 3.8) is 0 Å². The standard InChI is InChI=1S/C22H25N3O5/c1-22(2,24-20(26)29-13-14-6-4-3-5-7-14)15-8-9-23-18(10-15)30-19-16-11-25(21(27)28)12-17(16)19/h3-10,16-17,19H,11-13H2,1-2H3,(H,24,26)(H,27,28)/t16-,17+,19-. The summed E-state index contributed by atoms with van der Waals surface area (Å²) < 4.78 is 11.3. The molecule has 2 fully saturated rings. The number of alkyl carbamates (subject to hydrolysis) is 1. The van der Waals surface area contributed by atoms with E-state index in [0.29, 0.717) is 19.0 Å². The summed E-state index contributed by atoms with van der Waals surface area (Å²) in [7, 11) is 0. The van der Waals surface area contributed by atoms with Gasteiger partial charge in [0.05, 0.1) is 5.54 Å². The second-order valence-corrected chi connectivity index (χ2v) is 8.29. The van der Waals surface area contributed by atoms with Crippen molar-refractivity contribution in [3.8, 4) is 5.88 Å². The van der Waals surface area contributed by atoms with E-state index in [-0.39, 0.29) is 24.5 Å². The highest BCUT2D eigenvalue weighted by molar-refractivity contribution is 5.68. The summed E-state index contributed by atoms with van der Waals surface area (Å²) in [5.74, 6) is 0.928. The molecule has 0 radical (unpaired) electrons. The number of nitrogens with one attached hydrogen (secondary N) is 1. The molecule has 3 atom stereocenters. The van der Waals surface area contributed by atoms with Crippen LogP contribution in [0.1, 0.15) is 25.0 Å². The van der Waals surface area contributed by atoms with Gasteiger partial charge >= 0.3 is 12.2 Å². The Hall–Kier alpha value is -3.29. The van der Waals surface area contributed by atoms with Gasteiger partial charge in [-0.1, -0.05) is 30.3 Å². The monoisotopic (exact) mass is 411 g/mol. The molecule has 2 amide bonds. The number of ether oxygens (including phenoxy) is 2. The lowest BCUT2D eigenvalue weighted by Crippen LogP contribution is -2.41. The van der Waals surface area contributed by atoms with Gasteiger partial charge in [0.15, 0.2) is 0 Å². The summed E-state index contributed by atoms with van der Waals surface area (Å²) in [6, 6.07) is 13.1. The van der Waals surface area contributed by atoms with Crippen molar-refractivity contribution < 1.29 is 24.2 Å². The van der Waals surface area contributed by atoms with Gasteiger partial charge in [0.1, 0.15) is 12.7 Å². The van der Waals surface area contributed by atoms with E-state index in [0.717, 1.165) is 11.1 Å². The van der Waals surface area contributed by atoms with Gasteiger partial charge in [-0.05, 0) is 31.0 Å². The van der Waals surface area contributed by atoms with Crippen LogP contribution in [-0.4, -0.2) is 46.4 Å². The molecule has 1 aromatic heterocycles. The Morgan fingerprint density at radius 3 is 2.57 bits per heavy atom. The van der Waals surface area contributed by atoms with Crippen molar-refractivity contribution in [3.05, 3.63) is 59.8 Å². The maximum absolute atomic E-state index is 12.3. The van der Waals surface area contributed by atoms with E-state index >= 15 is 0 Å². The van der Waals surface area contributed by atoms with Gasteiger partial charge < -0.3 is 24.8 Å². The largest absolute Gasteiger partial charge is 0.474 e. The maximum atomic E-state index is 12.3. The fourth-order valence-corrected chi connectivity index (χ4v) is 3.89. The quantitative estimate of drug-likeness (QED) is 0.757. The smallest absolute Gasteiger partial charge is 0.408 e. The normalized spacial score (nSPS) is 22.2. The minimum Gasteiger partial charge on any atom is -0.474 e. The number of benzene rings is 1. The number of pyridine rings is 1. The molecule has 2 aliphatic rings. The van der Waals surface area contributed by atoms with Gasteiger partial charge in [-0.2, -0.15) is 0 Å². The Labute approximate surface area is 174 Å². The number of hydrogen-bond donors (Lipinski definition) is 2. The van der Waals surface area contributed by atoms with Gasteiger partial charge in [0.25, 0.3) is 0 Å². The van der Waals surface area contributed by atoms with E-state index in [1.54, 1.807) is 12.3 Å². The fourth-order valence-electron chi connectivity index (χ4n) is 3.89. The van der Waals surface area contributed by atoms with Gasteiger partial charge in [-0.15, -0.1) is 0 Å². The fraction of sp³-hybridized carbons (Fsp3) is 0.409. The third-order valence-electron chi connectivity index (χ3n) is 5.73. The zero-order chi connectivity index (χ0) is 21.3. The first kappa shape index (κ1) is 20.0. The van der Waals surface area contributed by atoms with Crippen LogP contribution in [0.2, 0.25) is 0 Å². The van der Waals surface area contributed by atoms with E-state index in [9.17, 15) is 9.59 Å². The van der Waals surface area contributed by atoms with E-state index in [2.05, 4.69) is 10.3 Å². The van der Waals surface area contributed by atoms with Crippen LogP contribution in [0.3, 0.4) is 0 Å². The number of hydrogen-bond acceptors (Lipinski definition) is 5. The Balaban J connectivity index is 1.32. The lowest BCUT2D eigenvalue weighted by Gasteiger charge is -2.26. The number of amides is 2. The summed E-state index contributed by atoms with van der Waals surface area (Å²) in [4.78, 5) is 29.0. The Morgan fingerprint density at radius 2 is 1.90 bits per heavy atom. The van der Waals surface area contributed by atoms with Crippen LogP contribution in [0.4, 0.5) is 9.59 Å². The summed E-state index contributed by atoms with van der Waals surface area (Å²) in [6.07, 6.45) is 0.252. The molecule has 4 rings (SSSR count). The minimum absolute atomic E-state index is 0.00439. The van der Waals surface area contributed by atoms with Gasteiger partial charge in [0.2, 0.25) is 5.88 Å². The summed E-state index contributed by atoms with van der Waals surface area (Å²) in [6.45, 7) is 4.97. The van der Waals surface area contributed by atoms with Crippen molar-refractivity contribution >= 4 is 12.2 Å². The summed E-state index contributed by atoms with van der Waals surface area (Å²) >= 11 is 0. The Kier molecular flexibility index (Phi) is 5.24. The molecule has 1 aliphatic heterocycles. The number of fused-ring (bicyclic) bond motifs is 1. The second-order valence-electron chi connectivity index (χ2n) is 8.29. The van der Waals surface area contributed by atoms with Crippen molar-refractivity contribution in [1.29, 1.82) is 0 Å². The molecule has 0 bridgehead atoms. The second kappa shape index (κ2) is 7.85. The first-order valence-corrected chi connectivity index (χ1v) is 9.93. The van der Waals surface area contributed by atoms with Crippen LogP contribution in [0, 0.1) is 11.8 Å². The van der Waals surface area contributed by atoms with Crippen molar-refractivity contribution in [2.24, 2.45) is 11.8 Å². The van der Waals surface area contributed by atoms with E-state index in [1.807, 2.05) is 50.2 Å². The molecule has 0 spiro atoms. The molecule has 1 saturated carbocycles. The number of piperidine rings is 1. The zero-order valence-corrected chi connectivity index (χ0v) is 16.9. The number of rotatable bonds is 6. The molecular formula is C22H25N3O5. The third kappa shape index (κ3) is 4.32. The van der Waals surface area contributed by atoms with Gasteiger partial charge in [-0.3, -0.25) is 0 Å². The lowest BCUT2D eigenvalue weighted by molar-refractivity contribution is 0.129. The average molecular weight is 411 g/mol. The SMILES string of the molecule is CC(C)(NC(=O)OCc1ccccc1)c1ccnc(O[C@@H]2[C@@H]3CN(C(=O)O)C[C@@H]32)c1. The van der Waals surface area contributed by atoms with Gasteiger partial charge in [-0.25, -0.2) is 14.6 Å². The number of likely N-dealkylation sites (tertiary alicyclic amines) is 1. The van der Waals surface area contributed by atoms with Crippen molar-refractivity contribution in [2.45, 2.75) is 32.1 Å². The number of aromatic nitrogens is 1. The van der Waals surface area contributed by atoms with Crippen LogP contribution in [-0.2, 0) is 16.9 Å². The molecule has 1 saturated heterocycles. The molecule has 30 heavy (non-hydrogen) atoms. The molecule has 0 unspecified atom stereocenters. The molecule has 1 aliphatic carbocycles. The highest BCUT2D eigenvalue weighted by Gasteiger charge is 2.59. The zero-order valence-electron chi connectivity index (χ0n) is 16.9. The molecule has 8 heteroatoms. The van der Waals surface area contributed by atoms with Crippen LogP contribution < -0.4 is 10.1 Å². The molecule has 2 heterocycles. The van der Waals surface area contributed by atoms with E-state index < -0.39 is 17.7 Å². The topological polar surface area (TPSA) is 101 Å². The van der Waals surface area contributed by atoms with Gasteiger partial charge in [0, 0.05) is 37.2 Å². The average Bonchev–Trinajstić information content (AvgIpc) is 3.15. The number of nitrogens with zero attached hydrogens (tertiary/aromatic N) is 2. The Bertz CT molecular complexity index is 921. The van der Waals surface area contributed by atoms with Crippen LogP contribution in [0.5, 0.6) is 5.88 Å². The number of carbonyl (C=O) groups excluding carboxylic acids is 1. The molecule has 2 N–H and O–H groups in total. The molecule has 8 nitrogen and oxygen atoms in total. The predicted molar refractivity (Wildman–Crippen MR) is 108 cm³/mol.